The van der Waals surface area contributed by atoms with Crippen LogP contribution in [-0.2, 0) is 0 Å². The van der Waals surface area contributed by atoms with Crippen LogP contribution in [-0.4, -0.2) is 0 Å². The van der Waals surface area contributed by atoms with Crippen molar-refractivity contribution in [3.63, 3.8) is 0 Å². The van der Waals surface area contributed by atoms with Gasteiger partial charge in [-0.25, -0.2) is 0 Å². The quantitative estimate of drug-likeness (QED) is 0.631. The average Bonchev–Trinajstić information content (AvgIpc) is 2.25. The summed E-state index contributed by atoms with van der Waals surface area (Å²) in [5.41, 5.74) is 8.42. The van der Waals surface area contributed by atoms with Crippen LogP contribution in [0.25, 0.3) is 0 Å². The lowest BCUT2D eigenvalue weighted by molar-refractivity contribution is 1.52. The van der Waals surface area contributed by atoms with Gasteiger partial charge in [-0.3, -0.25) is 0 Å². The number of nitrogens with two attached hydrogens (primary N) is 1. The maximum Gasteiger partial charge on any atom is 0.0619 e. The van der Waals surface area contributed by atoms with Crippen LogP contribution in [0.4, 0.5) is 17.1 Å². The summed E-state index contributed by atoms with van der Waals surface area (Å²) in [6, 6.07) is 13.5. The van der Waals surface area contributed by atoms with Crippen LogP contribution in [0.3, 0.4) is 0 Å². The molecule has 2 aromatic rings. The molecule has 0 aliphatic heterocycles. The standard InChI is InChI=1S/C12H10ClIN2/c13-8-5-6-12(10(15)7-8)16-11-4-2-1-3-9(11)14/h1-7,16H,15H2. The van der Waals surface area contributed by atoms with Crippen molar-refractivity contribution in [2.24, 2.45) is 0 Å². The van der Waals surface area contributed by atoms with Gasteiger partial charge >= 0.3 is 0 Å². The minimum atomic E-state index is 0.644. The van der Waals surface area contributed by atoms with Crippen molar-refractivity contribution < 1.29 is 0 Å². The Hall–Kier alpha value is -0.940. The third-order valence-electron chi connectivity index (χ3n) is 2.16. The number of halogens is 2. The largest absolute Gasteiger partial charge is 0.397 e. The van der Waals surface area contributed by atoms with E-state index in [1.165, 1.54) is 0 Å². The molecule has 0 radical (unpaired) electrons. The Morgan fingerprint density at radius 3 is 2.50 bits per heavy atom. The molecule has 2 nitrogen and oxygen atoms in total. The number of rotatable bonds is 2. The maximum absolute atomic E-state index is 5.87. The second kappa shape index (κ2) is 4.93. The van der Waals surface area contributed by atoms with Crippen molar-refractivity contribution in [1.29, 1.82) is 0 Å². The van der Waals surface area contributed by atoms with E-state index in [4.69, 9.17) is 17.3 Å². The summed E-state index contributed by atoms with van der Waals surface area (Å²) in [7, 11) is 0. The molecule has 0 amide bonds. The highest BCUT2D eigenvalue weighted by molar-refractivity contribution is 14.1. The molecule has 0 unspecified atom stereocenters. The molecular weight excluding hydrogens is 335 g/mol. The number of hydrogen-bond donors (Lipinski definition) is 2. The Kier molecular flexibility index (Phi) is 3.56. The number of para-hydroxylation sites is 1. The highest BCUT2D eigenvalue weighted by Crippen LogP contribution is 2.28. The highest BCUT2D eigenvalue weighted by atomic mass is 127. The molecule has 2 rings (SSSR count). The molecule has 3 N–H and O–H groups in total. The first kappa shape index (κ1) is 11.5. The molecule has 2 aromatic carbocycles. The number of hydrogen-bond acceptors (Lipinski definition) is 2. The van der Waals surface area contributed by atoms with Gasteiger partial charge in [-0.2, -0.15) is 0 Å². The van der Waals surface area contributed by atoms with Gasteiger partial charge in [0.05, 0.1) is 17.1 Å². The minimum absolute atomic E-state index is 0.644. The van der Waals surface area contributed by atoms with Crippen molar-refractivity contribution >= 4 is 51.3 Å². The lowest BCUT2D eigenvalue weighted by atomic mass is 10.2. The maximum atomic E-state index is 5.87. The van der Waals surface area contributed by atoms with E-state index in [-0.39, 0.29) is 0 Å². The molecule has 0 bridgehead atoms. The Morgan fingerprint density at radius 1 is 1.06 bits per heavy atom. The van der Waals surface area contributed by atoms with Crippen molar-refractivity contribution in [2.45, 2.75) is 0 Å². The third-order valence-corrected chi connectivity index (χ3v) is 3.33. The topological polar surface area (TPSA) is 38.0 Å². The van der Waals surface area contributed by atoms with Gasteiger partial charge in [0.15, 0.2) is 0 Å². The van der Waals surface area contributed by atoms with E-state index in [2.05, 4.69) is 27.9 Å². The van der Waals surface area contributed by atoms with Crippen LogP contribution >= 0.6 is 34.2 Å². The zero-order valence-corrected chi connectivity index (χ0v) is 11.3. The minimum Gasteiger partial charge on any atom is -0.397 e. The second-order valence-electron chi connectivity index (χ2n) is 3.34. The predicted octanol–water partition coefficient (Wildman–Crippen LogP) is 4.27. The zero-order valence-electron chi connectivity index (χ0n) is 8.37. The highest BCUT2D eigenvalue weighted by Gasteiger charge is 2.02. The molecule has 82 valence electrons. The summed E-state index contributed by atoms with van der Waals surface area (Å²) in [5.74, 6) is 0. The van der Waals surface area contributed by atoms with E-state index in [9.17, 15) is 0 Å². The molecule has 0 aromatic heterocycles. The number of nitrogens with one attached hydrogen (secondary N) is 1. The summed E-state index contributed by atoms with van der Waals surface area (Å²) in [6.45, 7) is 0. The fourth-order valence-electron chi connectivity index (χ4n) is 1.36. The van der Waals surface area contributed by atoms with Crippen molar-refractivity contribution in [3.8, 4) is 0 Å². The van der Waals surface area contributed by atoms with E-state index < -0.39 is 0 Å². The zero-order chi connectivity index (χ0) is 11.5. The fourth-order valence-corrected chi connectivity index (χ4v) is 2.06. The SMILES string of the molecule is Nc1cc(Cl)ccc1Nc1ccccc1I. The van der Waals surface area contributed by atoms with Crippen LogP contribution in [0.2, 0.25) is 5.02 Å². The second-order valence-corrected chi connectivity index (χ2v) is 4.94. The lowest BCUT2D eigenvalue weighted by Crippen LogP contribution is -1.97. The molecular formula is C12H10ClIN2. The fraction of sp³-hybridized carbons (Fsp3) is 0. The lowest BCUT2D eigenvalue weighted by Gasteiger charge is -2.10. The number of anilines is 3. The molecule has 0 spiro atoms. The van der Waals surface area contributed by atoms with Crippen LogP contribution in [0.5, 0.6) is 0 Å². The average molecular weight is 345 g/mol. The normalized spacial score (nSPS) is 10.1. The predicted molar refractivity (Wildman–Crippen MR) is 78.3 cm³/mol. The Morgan fingerprint density at radius 2 is 1.81 bits per heavy atom. The van der Waals surface area contributed by atoms with Crippen molar-refractivity contribution in [1.82, 2.24) is 0 Å². The van der Waals surface area contributed by atoms with Gasteiger partial charge in [0.2, 0.25) is 0 Å². The summed E-state index contributed by atoms with van der Waals surface area (Å²) in [6.07, 6.45) is 0. The Balaban J connectivity index is 2.31. The first-order valence-corrected chi connectivity index (χ1v) is 6.19. The van der Waals surface area contributed by atoms with Gasteiger partial charge in [-0.05, 0) is 52.9 Å². The van der Waals surface area contributed by atoms with Crippen molar-refractivity contribution in [2.75, 3.05) is 11.1 Å². The Labute approximate surface area is 113 Å². The van der Waals surface area contributed by atoms with Gasteiger partial charge in [-0.15, -0.1) is 0 Å². The van der Waals surface area contributed by atoms with Gasteiger partial charge in [0.25, 0.3) is 0 Å². The van der Waals surface area contributed by atoms with Gasteiger partial charge in [0, 0.05) is 8.59 Å². The van der Waals surface area contributed by atoms with Crippen LogP contribution < -0.4 is 11.1 Å². The molecule has 0 fully saturated rings. The molecule has 0 saturated heterocycles. The number of nitrogen functional groups attached to an aromatic ring is 1. The summed E-state index contributed by atoms with van der Waals surface area (Å²) in [4.78, 5) is 0. The van der Waals surface area contributed by atoms with Gasteiger partial charge in [-0.1, -0.05) is 23.7 Å². The molecule has 0 saturated carbocycles. The van der Waals surface area contributed by atoms with E-state index >= 15 is 0 Å². The Bertz CT molecular complexity index is 514. The monoisotopic (exact) mass is 344 g/mol. The molecule has 16 heavy (non-hydrogen) atoms. The first-order chi connectivity index (χ1) is 7.66. The van der Waals surface area contributed by atoms with Gasteiger partial charge < -0.3 is 11.1 Å². The van der Waals surface area contributed by atoms with E-state index in [1.54, 1.807) is 6.07 Å². The van der Waals surface area contributed by atoms with Crippen LogP contribution in [0.1, 0.15) is 0 Å². The number of benzene rings is 2. The summed E-state index contributed by atoms with van der Waals surface area (Å²) >= 11 is 8.12. The first-order valence-electron chi connectivity index (χ1n) is 4.73. The molecule has 0 heterocycles. The van der Waals surface area contributed by atoms with E-state index in [1.807, 2.05) is 36.4 Å². The summed E-state index contributed by atoms with van der Waals surface area (Å²) in [5, 5.41) is 3.92. The summed E-state index contributed by atoms with van der Waals surface area (Å²) < 4.78 is 1.15. The van der Waals surface area contributed by atoms with E-state index in [0.717, 1.165) is 14.9 Å². The molecule has 0 aliphatic carbocycles. The van der Waals surface area contributed by atoms with Crippen LogP contribution in [0.15, 0.2) is 42.5 Å². The molecule has 0 atom stereocenters. The molecule has 4 heteroatoms. The molecule has 0 aliphatic rings. The van der Waals surface area contributed by atoms with Gasteiger partial charge in [0.1, 0.15) is 0 Å². The van der Waals surface area contributed by atoms with Crippen LogP contribution in [0, 0.1) is 3.57 Å². The van der Waals surface area contributed by atoms with E-state index in [0.29, 0.717) is 10.7 Å². The third kappa shape index (κ3) is 2.59. The smallest absolute Gasteiger partial charge is 0.0619 e. The van der Waals surface area contributed by atoms with Crippen molar-refractivity contribution in [3.05, 3.63) is 51.1 Å².